The van der Waals surface area contributed by atoms with Gasteiger partial charge in [-0.15, -0.1) is 0 Å². The van der Waals surface area contributed by atoms with Crippen molar-refractivity contribution < 1.29 is 9.90 Å². The normalized spacial score (nSPS) is 18.5. The lowest BCUT2D eigenvalue weighted by atomic mass is 9.84. The Morgan fingerprint density at radius 1 is 1.19 bits per heavy atom. The number of hydrogen-bond donors (Lipinski definition) is 2. The average molecular weight is 438 g/mol. The Hall–Kier alpha value is -3.00. The number of carboxylic acids is 1. The van der Waals surface area contributed by atoms with E-state index < -0.39 is 5.97 Å². The predicted octanol–water partition coefficient (Wildman–Crippen LogP) is 5.12. The van der Waals surface area contributed by atoms with Crippen LogP contribution in [0, 0.1) is 12.8 Å². The molecule has 1 aliphatic carbocycles. The number of aliphatic carboxylic acids is 1. The molecule has 0 radical (unpaired) electrons. The van der Waals surface area contributed by atoms with Crippen molar-refractivity contribution in [2.24, 2.45) is 5.92 Å². The van der Waals surface area contributed by atoms with Gasteiger partial charge in [-0.2, -0.15) is 0 Å². The first kappa shape index (κ1) is 21.2. The zero-order chi connectivity index (χ0) is 21.8. The van der Waals surface area contributed by atoms with Gasteiger partial charge in [-0.1, -0.05) is 17.4 Å². The molecule has 0 bridgehead atoms. The zero-order valence-corrected chi connectivity index (χ0v) is 18.6. The van der Waals surface area contributed by atoms with Gasteiger partial charge in [-0.05, 0) is 68.4 Å². The van der Waals surface area contributed by atoms with Gasteiger partial charge in [-0.25, -0.2) is 15.0 Å². The van der Waals surface area contributed by atoms with E-state index in [1.165, 1.54) is 0 Å². The van der Waals surface area contributed by atoms with E-state index in [4.69, 9.17) is 10.1 Å². The van der Waals surface area contributed by atoms with Crippen LogP contribution in [0.25, 0.3) is 10.6 Å². The van der Waals surface area contributed by atoms with Gasteiger partial charge in [-0.3, -0.25) is 4.79 Å². The van der Waals surface area contributed by atoms with Crippen LogP contribution >= 0.6 is 11.3 Å². The summed E-state index contributed by atoms with van der Waals surface area (Å²) in [6.45, 7) is 2.03. The second-order valence-corrected chi connectivity index (χ2v) is 9.15. The van der Waals surface area contributed by atoms with Gasteiger partial charge in [0, 0.05) is 31.9 Å². The van der Waals surface area contributed by atoms with Crippen molar-refractivity contribution in [3.63, 3.8) is 0 Å². The van der Waals surface area contributed by atoms with Crippen LogP contribution in [0.3, 0.4) is 0 Å². The summed E-state index contributed by atoms with van der Waals surface area (Å²) in [5, 5.41) is 13.2. The standard InChI is InChI=1S/C23H27N5O2S/c1-15-10-11-24-21(12-15)27-20-5-3-4-18(26-20)19-14-25-23(31-19)28(2)17-8-6-16(7-9-17)13-22(29)30/h3-5,10-12,14,16-17H,6-9,13H2,1-2H3,(H,29,30)(H,24,26,27). The molecule has 162 valence electrons. The molecule has 1 saturated carbocycles. The topological polar surface area (TPSA) is 91.2 Å². The second-order valence-electron chi connectivity index (χ2n) is 8.14. The van der Waals surface area contributed by atoms with Crippen molar-refractivity contribution >= 4 is 34.1 Å². The quantitative estimate of drug-likeness (QED) is 0.530. The minimum atomic E-state index is -0.691. The highest BCUT2D eigenvalue weighted by atomic mass is 32.1. The first-order valence-electron chi connectivity index (χ1n) is 10.6. The fraction of sp³-hybridized carbons (Fsp3) is 0.391. The lowest BCUT2D eigenvalue weighted by molar-refractivity contribution is -0.138. The van der Waals surface area contributed by atoms with Gasteiger partial charge in [0.15, 0.2) is 5.13 Å². The molecule has 3 heterocycles. The van der Waals surface area contributed by atoms with Crippen LogP contribution in [0.15, 0.2) is 42.7 Å². The van der Waals surface area contributed by atoms with E-state index in [-0.39, 0.29) is 6.42 Å². The number of pyridine rings is 2. The molecule has 0 unspecified atom stereocenters. The molecular formula is C23H27N5O2S. The van der Waals surface area contributed by atoms with Gasteiger partial charge < -0.3 is 15.3 Å². The van der Waals surface area contributed by atoms with Gasteiger partial charge in [0.05, 0.1) is 10.6 Å². The Bertz CT molecular complexity index is 1050. The smallest absolute Gasteiger partial charge is 0.303 e. The number of rotatable bonds is 7. The molecule has 8 heteroatoms. The number of anilines is 3. The van der Waals surface area contributed by atoms with E-state index in [1.807, 2.05) is 43.5 Å². The Morgan fingerprint density at radius 2 is 2.00 bits per heavy atom. The van der Waals surface area contributed by atoms with Gasteiger partial charge >= 0.3 is 5.97 Å². The van der Waals surface area contributed by atoms with E-state index in [0.717, 1.165) is 58.6 Å². The number of carboxylic acid groups (broad SMARTS) is 1. The van der Waals surface area contributed by atoms with Crippen LogP contribution in [0.2, 0.25) is 0 Å². The van der Waals surface area contributed by atoms with E-state index in [1.54, 1.807) is 17.5 Å². The number of hydrogen-bond acceptors (Lipinski definition) is 7. The van der Waals surface area contributed by atoms with Crippen LogP contribution in [-0.4, -0.2) is 39.1 Å². The lowest BCUT2D eigenvalue weighted by Gasteiger charge is -2.34. The van der Waals surface area contributed by atoms with E-state index in [2.05, 4.69) is 27.2 Å². The van der Waals surface area contributed by atoms with Crippen molar-refractivity contribution in [2.45, 2.75) is 45.1 Å². The molecule has 0 amide bonds. The molecule has 1 aliphatic rings. The molecule has 31 heavy (non-hydrogen) atoms. The maximum atomic E-state index is 11.0. The maximum absolute atomic E-state index is 11.0. The predicted molar refractivity (Wildman–Crippen MR) is 124 cm³/mol. The molecular weight excluding hydrogens is 410 g/mol. The zero-order valence-electron chi connectivity index (χ0n) is 17.8. The van der Waals surface area contributed by atoms with E-state index in [0.29, 0.717) is 12.0 Å². The summed E-state index contributed by atoms with van der Waals surface area (Å²) in [5.41, 5.74) is 2.01. The van der Waals surface area contributed by atoms with Gasteiger partial charge in [0.2, 0.25) is 0 Å². The molecule has 2 N–H and O–H groups in total. The van der Waals surface area contributed by atoms with Crippen molar-refractivity contribution in [1.29, 1.82) is 0 Å². The minimum Gasteiger partial charge on any atom is -0.481 e. The minimum absolute atomic E-state index is 0.284. The molecule has 3 aromatic heterocycles. The van der Waals surface area contributed by atoms with E-state index >= 15 is 0 Å². The third kappa shape index (κ3) is 5.38. The third-order valence-electron chi connectivity index (χ3n) is 5.80. The fourth-order valence-electron chi connectivity index (χ4n) is 4.06. The lowest BCUT2D eigenvalue weighted by Crippen LogP contribution is -2.35. The van der Waals surface area contributed by atoms with E-state index in [9.17, 15) is 4.79 Å². The fourth-order valence-corrected chi connectivity index (χ4v) is 4.98. The number of aromatic nitrogens is 3. The third-order valence-corrected chi connectivity index (χ3v) is 6.91. The molecule has 0 saturated heterocycles. The molecule has 4 rings (SSSR count). The summed E-state index contributed by atoms with van der Waals surface area (Å²) in [7, 11) is 2.08. The highest BCUT2D eigenvalue weighted by Gasteiger charge is 2.26. The summed E-state index contributed by atoms with van der Waals surface area (Å²) in [4.78, 5) is 27.9. The Labute approximate surface area is 186 Å². The maximum Gasteiger partial charge on any atom is 0.303 e. The highest BCUT2D eigenvalue weighted by Crippen LogP contribution is 2.35. The first-order valence-corrected chi connectivity index (χ1v) is 11.4. The van der Waals surface area contributed by atoms with Crippen LogP contribution in [-0.2, 0) is 4.79 Å². The number of nitrogens with zero attached hydrogens (tertiary/aromatic N) is 4. The first-order chi connectivity index (χ1) is 15.0. The monoisotopic (exact) mass is 437 g/mol. The Morgan fingerprint density at radius 3 is 2.74 bits per heavy atom. The number of aryl methyl sites for hydroxylation is 1. The SMILES string of the molecule is Cc1ccnc(Nc2cccc(-c3cnc(N(C)C4CCC(CC(=O)O)CC4)s3)n2)c1. The molecule has 0 atom stereocenters. The number of nitrogens with one attached hydrogen (secondary N) is 1. The number of thiazole rings is 1. The summed E-state index contributed by atoms with van der Waals surface area (Å²) in [6.07, 6.45) is 7.87. The van der Waals surface area contributed by atoms with Crippen molar-refractivity contribution in [2.75, 3.05) is 17.3 Å². The van der Waals surface area contributed by atoms with Crippen LogP contribution < -0.4 is 10.2 Å². The molecule has 0 spiro atoms. The average Bonchev–Trinajstić information content (AvgIpc) is 3.24. The number of carbonyl (C=O) groups is 1. The van der Waals surface area contributed by atoms with Crippen LogP contribution in [0.4, 0.5) is 16.8 Å². The molecule has 3 aromatic rings. The summed E-state index contributed by atoms with van der Waals surface area (Å²) in [6, 6.07) is 10.2. The Kier molecular flexibility index (Phi) is 6.46. The van der Waals surface area contributed by atoms with Crippen molar-refractivity contribution in [3.8, 4) is 10.6 Å². The molecule has 7 nitrogen and oxygen atoms in total. The molecule has 0 aromatic carbocycles. The van der Waals surface area contributed by atoms with Crippen molar-refractivity contribution in [1.82, 2.24) is 15.0 Å². The summed E-state index contributed by atoms with van der Waals surface area (Å²) < 4.78 is 0. The van der Waals surface area contributed by atoms with Gasteiger partial charge in [0.1, 0.15) is 11.6 Å². The molecule has 0 aliphatic heterocycles. The van der Waals surface area contributed by atoms with Crippen LogP contribution in [0.1, 0.15) is 37.7 Å². The largest absolute Gasteiger partial charge is 0.481 e. The van der Waals surface area contributed by atoms with Gasteiger partial charge in [0.25, 0.3) is 0 Å². The summed E-state index contributed by atoms with van der Waals surface area (Å²) in [5.74, 6) is 1.13. The Balaban J connectivity index is 1.42. The molecule has 1 fully saturated rings. The van der Waals surface area contributed by atoms with Crippen molar-refractivity contribution in [3.05, 3.63) is 48.3 Å². The summed E-state index contributed by atoms with van der Waals surface area (Å²) >= 11 is 1.63. The van der Waals surface area contributed by atoms with Crippen LogP contribution in [0.5, 0.6) is 0 Å². The second kappa shape index (κ2) is 9.43. The highest BCUT2D eigenvalue weighted by molar-refractivity contribution is 7.18.